The predicted octanol–water partition coefficient (Wildman–Crippen LogP) is 2.75. The summed E-state index contributed by atoms with van der Waals surface area (Å²) in [6.07, 6.45) is 7.34. The monoisotopic (exact) mass is 417 g/mol. The van der Waals surface area contributed by atoms with Crippen molar-refractivity contribution in [2.75, 3.05) is 0 Å². The van der Waals surface area contributed by atoms with Gasteiger partial charge in [0.2, 0.25) is 0 Å². The Morgan fingerprint density at radius 2 is 2.10 bits per heavy atom. The molecule has 158 valence electrons. The summed E-state index contributed by atoms with van der Waals surface area (Å²) in [5, 5.41) is 12.1. The molecule has 0 aromatic carbocycles. The smallest absolute Gasteiger partial charge is 0.267 e. The molecule has 1 fully saturated rings. The minimum absolute atomic E-state index is 0.00255. The summed E-state index contributed by atoms with van der Waals surface area (Å²) < 4.78 is 8.52. The van der Waals surface area contributed by atoms with E-state index >= 15 is 0 Å². The van der Waals surface area contributed by atoms with Crippen molar-refractivity contribution in [1.82, 2.24) is 19.3 Å². The van der Waals surface area contributed by atoms with Crippen molar-refractivity contribution in [3.05, 3.63) is 75.5 Å². The number of aryl methyl sites for hydroxylation is 1. The third-order valence-corrected chi connectivity index (χ3v) is 5.88. The Kier molecular flexibility index (Phi) is 4.69. The Balaban J connectivity index is 1.75. The molecule has 4 aromatic heterocycles. The number of hydrogen-bond donors (Lipinski definition) is 2. The van der Waals surface area contributed by atoms with E-state index in [1.165, 1.54) is 10.5 Å². The van der Waals surface area contributed by atoms with Gasteiger partial charge in [0.15, 0.2) is 0 Å². The van der Waals surface area contributed by atoms with Crippen molar-refractivity contribution in [3.63, 3.8) is 0 Å². The molecule has 0 atom stereocenters. The van der Waals surface area contributed by atoms with Crippen molar-refractivity contribution >= 4 is 22.6 Å². The summed E-state index contributed by atoms with van der Waals surface area (Å²) in [5.41, 5.74) is 1.66. The van der Waals surface area contributed by atoms with Gasteiger partial charge in [-0.1, -0.05) is 18.9 Å². The lowest BCUT2D eigenvalue weighted by Gasteiger charge is -2.16. The van der Waals surface area contributed by atoms with Crippen molar-refractivity contribution in [2.45, 2.75) is 45.2 Å². The summed E-state index contributed by atoms with van der Waals surface area (Å²) >= 11 is 0. The average Bonchev–Trinajstić information content (AvgIpc) is 3.45. The third kappa shape index (κ3) is 3.43. The molecular weight excluding hydrogens is 394 g/mol. The van der Waals surface area contributed by atoms with Gasteiger partial charge in [-0.05, 0) is 49.6 Å². The molecule has 5 rings (SSSR count). The van der Waals surface area contributed by atoms with Crippen LogP contribution in [-0.2, 0) is 6.54 Å². The zero-order chi connectivity index (χ0) is 21.5. The van der Waals surface area contributed by atoms with Gasteiger partial charge in [0.05, 0.1) is 23.8 Å². The van der Waals surface area contributed by atoms with Gasteiger partial charge in [-0.25, -0.2) is 4.98 Å². The van der Waals surface area contributed by atoms with E-state index < -0.39 is 0 Å². The van der Waals surface area contributed by atoms with Gasteiger partial charge in [0, 0.05) is 12.2 Å². The van der Waals surface area contributed by atoms with E-state index in [-0.39, 0.29) is 35.1 Å². The van der Waals surface area contributed by atoms with Crippen molar-refractivity contribution < 1.29 is 9.21 Å². The normalized spacial score (nSPS) is 14.5. The van der Waals surface area contributed by atoms with Crippen LogP contribution in [-0.4, -0.2) is 25.9 Å². The van der Waals surface area contributed by atoms with Crippen LogP contribution >= 0.6 is 0 Å². The molecule has 1 aliphatic carbocycles. The fourth-order valence-electron chi connectivity index (χ4n) is 4.26. The first-order chi connectivity index (χ1) is 15.0. The van der Waals surface area contributed by atoms with E-state index in [1.807, 2.05) is 13.0 Å². The number of carbonyl (C=O) groups excluding carboxylic acids is 1. The number of furan rings is 1. The van der Waals surface area contributed by atoms with Crippen LogP contribution < -0.4 is 16.4 Å². The first-order valence-corrected chi connectivity index (χ1v) is 10.5. The summed E-state index contributed by atoms with van der Waals surface area (Å²) in [4.78, 5) is 31.0. The number of hydrogen-bond acceptors (Lipinski definition) is 5. The molecule has 0 spiro atoms. The number of pyridine rings is 2. The Bertz CT molecular complexity index is 1410. The second-order valence-electron chi connectivity index (χ2n) is 8.12. The highest BCUT2D eigenvalue weighted by atomic mass is 16.3. The molecule has 0 saturated heterocycles. The van der Waals surface area contributed by atoms with Crippen molar-refractivity contribution in [3.8, 4) is 0 Å². The zero-order valence-electron chi connectivity index (χ0n) is 17.2. The van der Waals surface area contributed by atoms with Gasteiger partial charge in [-0.15, -0.1) is 0 Å². The Hall–Kier alpha value is -3.68. The molecule has 8 nitrogen and oxygen atoms in total. The lowest BCUT2D eigenvalue weighted by Crippen LogP contribution is -2.38. The first-order valence-electron chi connectivity index (χ1n) is 10.5. The number of fused-ring (bicyclic) bond motifs is 2. The Morgan fingerprint density at radius 3 is 2.84 bits per heavy atom. The van der Waals surface area contributed by atoms with Crippen LogP contribution in [0.1, 0.15) is 47.4 Å². The van der Waals surface area contributed by atoms with Gasteiger partial charge in [-0.2, -0.15) is 0 Å². The number of amides is 1. The second kappa shape index (κ2) is 7.54. The maximum atomic E-state index is 13.3. The quantitative estimate of drug-likeness (QED) is 0.498. The number of carbonyl (C=O) groups is 1. The molecule has 8 heteroatoms. The third-order valence-electron chi connectivity index (χ3n) is 5.88. The molecule has 1 aliphatic rings. The Labute approximate surface area is 177 Å². The molecular formula is C23H23N5O3. The van der Waals surface area contributed by atoms with Gasteiger partial charge in [0.1, 0.15) is 22.5 Å². The molecule has 0 unspecified atom stereocenters. The number of nitrogens with one attached hydrogen (secondary N) is 2. The molecule has 4 aromatic rings. The summed E-state index contributed by atoms with van der Waals surface area (Å²) in [6.45, 7) is 2.10. The van der Waals surface area contributed by atoms with E-state index in [1.54, 1.807) is 35.2 Å². The van der Waals surface area contributed by atoms with E-state index in [0.717, 1.165) is 31.2 Å². The molecule has 0 radical (unpaired) electrons. The van der Waals surface area contributed by atoms with E-state index in [2.05, 4.69) is 10.3 Å². The van der Waals surface area contributed by atoms with E-state index in [4.69, 9.17) is 9.83 Å². The minimum Gasteiger partial charge on any atom is -0.467 e. The van der Waals surface area contributed by atoms with Crippen LogP contribution in [0.15, 0.2) is 52.0 Å². The van der Waals surface area contributed by atoms with Crippen LogP contribution in [0, 0.1) is 12.3 Å². The molecule has 1 saturated carbocycles. The van der Waals surface area contributed by atoms with Crippen molar-refractivity contribution in [2.24, 2.45) is 0 Å². The predicted molar refractivity (Wildman–Crippen MR) is 115 cm³/mol. The highest BCUT2D eigenvalue weighted by molar-refractivity contribution is 5.97. The SMILES string of the molecule is Cc1ccc2nc3c(cc(C(=O)NC4CCCC4)c(=N)n3Cc3ccco3)c(=O)n2c1. The number of nitrogens with zero attached hydrogens (tertiary/aromatic N) is 3. The van der Waals surface area contributed by atoms with Crippen LogP contribution in [0.25, 0.3) is 16.7 Å². The zero-order valence-corrected chi connectivity index (χ0v) is 17.2. The summed E-state index contributed by atoms with van der Waals surface area (Å²) in [5.74, 6) is 0.278. The van der Waals surface area contributed by atoms with Gasteiger partial charge in [-0.3, -0.25) is 19.4 Å². The van der Waals surface area contributed by atoms with Crippen LogP contribution in [0.3, 0.4) is 0 Å². The van der Waals surface area contributed by atoms with Crippen LogP contribution in [0.5, 0.6) is 0 Å². The maximum absolute atomic E-state index is 13.3. The number of rotatable bonds is 4. The minimum atomic E-state index is -0.333. The van der Waals surface area contributed by atoms with Gasteiger partial charge in [0.25, 0.3) is 11.5 Å². The fraction of sp³-hybridized carbons (Fsp3) is 0.304. The van der Waals surface area contributed by atoms with Crippen molar-refractivity contribution in [1.29, 1.82) is 5.41 Å². The van der Waals surface area contributed by atoms with E-state index in [9.17, 15) is 9.59 Å². The van der Waals surface area contributed by atoms with E-state index in [0.29, 0.717) is 22.4 Å². The van der Waals surface area contributed by atoms with Gasteiger partial charge >= 0.3 is 0 Å². The lowest BCUT2D eigenvalue weighted by atomic mass is 10.1. The topological polar surface area (TPSA) is 105 Å². The molecule has 2 N–H and O–H groups in total. The molecule has 0 aliphatic heterocycles. The summed E-state index contributed by atoms with van der Waals surface area (Å²) in [7, 11) is 0. The molecule has 31 heavy (non-hydrogen) atoms. The highest BCUT2D eigenvalue weighted by Crippen LogP contribution is 2.18. The molecule has 4 heterocycles. The molecule has 1 amide bonds. The fourth-order valence-corrected chi connectivity index (χ4v) is 4.26. The van der Waals surface area contributed by atoms with Crippen LogP contribution in [0.4, 0.5) is 0 Å². The van der Waals surface area contributed by atoms with Gasteiger partial charge < -0.3 is 14.3 Å². The largest absolute Gasteiger partial charge is 0.467 e. The average molecular weight is 417 g/mol. The summed E-state index contributed by atoms with van der Waals surface area (Å²) in [6, 6.07) is 8.83. The highest BCUT2D eigenvalue weighted by Gasteiger charge is 2.22. The maximum Gasteiger partial charge on any atom is 0.267 e. The Morgan fingerprint density at radius 1 is 1.29 bits per heavy atom. The second-order valence-corrected chi connectivity index (χ2v) is 8.12. The standard InChI is InChI=1S/C23H23N5O3/c1-14-8-9-19-26-21-18(23(30)27(19)12-14)11-17(22(29)25-15-5-2-3-6-15)20(24)28(21)13-16-7-4-10-31-16/h4,7-12,15,24H,2-3,5-6,13H2,1H3,(H,25,29). The lowest BCUT2D eigenvalue weighted by molar-refractivity contribution is 0.0935. The number of aromatic nitrogens is 3. The van der Waals surface area contributed by atoms with Crippen LogP contribution in [0.2, 0.25) is 0 Å². The first kappa shape index (κ1) is 19.3. The molecule has 0 bridgehead atoms.